The maximum absolute atomic E-state index is 12.5. The molecular weight excluding hydrogens is 390 g/mol. The van der Waals surface area contributed by atoms with Crippen LogP contribution in [0.4, 0.5) is 0 Å². The van der Waals surface area contributed by atoms with E-state index in [4.69, 9.17) is 14.0 Å². The monoisotopic (exact) mass is 407 g/mol. The molecule has 0 spiro atoms. The van der Waals surface area contributed by atoms with E-state index in [-0.39, 0.29) is 12.5 Å². The average Bonchev–Trinajstić information content (AvgIpc) is 3.40. The highest BCUT2D eigenvalue weighted by Gasteiger charge is 2.19. The van der Waals surface area contributed by atoms with Crippen LogP contribution in [-0.2, 0) is 11.3 Å². The summed E-state index contributed by atoms with van der Waals surface area (Å²) >= 11 is 1.30. The quantitative estimate of drug-likeness (QED) is 0.434. The van der Waals surface area contributed by atoms with Crippen LogP contribution in [0, 0.1) is 6.92 Å². The van der Waals surface area contributed by atoms with E-state index in [0.717, 1.165) is 21.9 Å². The van der Waals surface area contributed by atoms with E-state index in [1.807, 2.05) is 54.6 Å². The predicted octanol–water partition coefficient (Wildman–Crippen LogP) is 4.53. The topological polar surface area (TPSA) is 87.3 Å². The van der Waals surface area contributed by atoms with Crippen LogP contribution in [0.15, 0.2) is 59.1 Å². The maximum atomic E-state index is 12.5. The molecule has 0 unspecified atom stereocenters. The van der Waals surface area contributed by atoms with Crippen LogP contribution in [0.25, 0.3) is 22.0 Å². The first-order chi connectivity index (χ1) is 14.1. The highest BCUT2D eigenvalue weighted by molar-refractivity contribution is 7.17. The summed E-state index contributed by atoms with van der Waals surface area (Å²) in [5.41, 5.74) is 2.36. The molecule has 29 heavy (non-hydrogen) atoms. The number of esters is 1. The highest BCUT2D eigenvalue weighted by atomic mass is 32.1. The van der Waals surface area contributed by atoms with E-state index < -0.39 is 5.97 Å². The van der Waals surface area contributed by atoms with Crippen molar-refractivity contribution >= 4 is 17.3 Å². The molecule has 2 heterocycles. The van der Waals surface area contributed by atoms with E-state index >= 15 is 0 Å². The number of carbonyl (C=O) groups excluding carboxylic acids is 1. The largest absolute Gasteiger partial charge is 0.497 e. The molecule has 4 aromatic rings. The Morgan fingerprint density at radius 1 is 1.03 bits per heavy atom. The smallest absolute Gasteiger partial charge is 0.350 e. The van der Waals surface area contributed by atoms with Gasteiger partial charge in [-0.25, -0.2) is 9.78 Å². The number of ether oxygens (including phenoxy) is 2. The molecule has 146 valence electrons. The molecule has 0 amide bonds. The predicted molar refractivity (Wildman–Crippen MR) is 108 cm³/mol. The number of carbonyl (C=O) groups is 1. The highest BCUT2D eigenvalue weighted by Crippen LogP contribution is 2.28. The standard InChI is InChI=1S/C21H17N3O4S/c1-13-18(29-20(22-13)15-6-4-3-5-7-15)21(25)27-12-17-23-19(24-28-17)14-8-10-16(26-2)11-9-14/h3-11H,12H2,1-2H3. The van der Waals surface area contributed by atoms with Gasteiger partial charge in [-0.15, -0.1) is 11.3 Å². The molecule has 0 atom stereocenters. The van der Waals surface area contributed by atoms with Gasteiger partial charge in [0.2, 0.25) is 5.82 Å². The molecule has 0 aliphatic carbocycles. The molecule has 2 aromatic heterocycles. The number of aromatic nitrogens is 3. The summed E-state index contributed by atoms with van der Waals surface area (Å²) in [4.78, 5) is 21.7. The fourth-order valence-electron chi connectivity index (χ4n) is 2.65. The van der Waals surface area contributed by atoms with Crippen molar-refractivity contribution in [3.8, 4) is 27.7 Å². The number of rotatable bonds is 6. The SMILES string of the molecule is COc1ccc(-c2noc(COC(=O)c3sc(-c4ccccc4)nc3C)n2)cc1. The molecule has 0 saturated heterocycles. The van der Waals surface area contributed by atoms with Gasteiger partial charge in [-0.3, -0.25) is 0 Å². The lowest BCUT2D eigenvalue weighted by Crippen LogP contribution is -2.05. The number of benzene rings is 2. The Bertz CT molecular complexity index is 1120. The Balaban J connectivity index is 1.42. The summed E-state index contributed by atoms with van der Waals surface area (Å²) in [6.07, 6.45) is 0. The summed E-state index contributed by atoms with van der Waals surface area (Å²) in [5.74, 6) is 0.904. The second-order valence-electron chi connectivity index (χ2n) is 6.12. The first-order valence-electron chi connectivity index (χ1n) is 8.81. The van der Waals surface area contributed by atoms with Crippen LogP contribution >= 0.6 is 11.3 Å². The molecule has 0 fully saturated rings. The van der Waals surface area contributed by atoms with Gasteiger partial charge in [0, 0.05) is 11.1 Å². The van der Waals surface area contributed by atoms with Crippen LogP contribution in [-0.4, -0.2) is 28.2 Å². The lowest BCUT2D eigenvalue weighted by atomic mass is 10.2. The molecule has 0 radical (unpaired) electrons. The van der Waals surface area contributed by atoms with Gasteiger partial charge >= 0.3 is 5.97 Å². The zero-order chi connectivity index (χ0) is 20.2. The van der Waals surface area contributed by atoms with E-state index in [2.05, 4.69) is 15.1 Å². The number of thiazole rings is 1. The van der Waals surface area contributed by atoms with Gasteiger partial charge in [0.05, 0.1) is 12.8 Å². The average molecular weight is 407 g/mol. The van der Waals surface area contributed by atoms with Gasteiger partial charge < -0.3 is 14.0 Å². The minimum Gasteiger partial charge on any atom is -0.497 e. The Labute approximate surface area is 170 Å². The maximum Gasteiger partial charge on any atom is 0.350 e. The van der Waals surface area contributed by atoms with Crippen molar-refractivity contribution in [1.29, 1.82) is 0 Å². The molecule has 0 N–H and O–H groups in total. The Morgan fingerprint density at radius 2 is 1.79 bits per heavy atom. The molecule has 0 saturated carbocycles. The number of aryl methyl sites for hydroxylation is 1. The van der Waals surface area contributed by atoms with Gasteiger partial charge in [-0.2, -0.15) is 4.98 Å². The summed E-state index contributed by atoms with van der Waals surface area (Å²) in [6.45, 7) is 1.67. The van der Waals surface area contributed by atoms with Crippen molar-refractivity contribution < 1.29 is 18.8 Å². The van der Waals surface area contributed by atoms with Gasteiger partial charge in [0.25, 0.3) is 5.89 Å². The second-order valence-corrected chi connectivity index (χ2v) is 7.12. The third-order valence-electron chi connectivity index (χ3n) is 4.15. The van der Waals surface area contributed by atoms with E-state index in [0.29, 0.717) is 16.4 Å². The third-order valence-corrected chi connectivity index (χ3v) is 5.33. The Kier molecular flexibility index (Phi) is 5.35. The van der Waals surface area contributed by atoms with Crippen molar-refractivity contribution in [2.75, 3.05) is 7.11 Å². The van der Waals surface area contributed by atoms with Gasteiger partial charge in [-0.05, 0) is 31.2 Å². The molecule has 2 aromatic carbocycles. The number of methoxy groups -OCH3 is 1. The first kappa shape index (κ1) is 18.8. The minimum absolute atomic E-state index is 0.111. The van der Waals surface area contributed by atoms with Crippen LogP contribution in [0.1, 0.15) is 21.3 Å². The van der Waals surface area contributed by atoms with E-state index in [1.165, 1.54) is 11.3 Å². The molecule has 0 bridgehead atoms. The van der Waals surface area contributed by atoms with Crippen molar-refractivity contribution in [3.05, 3.63) is 71.1 Å². The van der Waals surface area contributed by atoms with Crippen LogP contribution in [0.2, 0.25) is 0 Å². The van der Waals surface area contributed by atoms with Gasteiger partial charge in [0.15, 0.2) is 6.61 Å². The molecule has 0 aliphatic heterocycles. The van der Waals surface area contributed by atoms with Gasteiger partial charge in [-0.1, -0.05) is 35.5 Å². The minimum atomic E-state index is -0.466. The third kappa shape index (κ3) is 4.17. The molecule has 0 aliphatic rings. The fourth-order valence-corrected chi connectivity index (χ4v) is 3.62. The first-order valence-corrected chi connectivity index (χ1v) is 9.62. The summed E-state index contributed by atoms with van der Waals surface area (Å²) in [6, 6.07) is 17.0. The zero-order valence-electron chi connectivity index (χ0n) is 15.8. The summed E-state index contributed by atoms with van der Waals surface area (Å²) < 4.78 is 15.7. The zero-order valence-corrected chi connectivity index (χ0v) is 16.6. The second kappa shape index (κ2) is 8.24. The van der Waals surface area contributed by atoms with Crippen LogP contribution < -0.4 is 4.74 Å². The Hall–Kier alpha value is -3.52. The summed E-state index contributed by atoms with van der Waals surface area (Å²) in [7, 11) is 1.60. The van der Waals surface area contributed by atoms with Crippen molar-refractivity contribution in [2.24, 2.45) is 0 Å². The molecule has 4 rings (SSSR count). The van der Waals surface area contributed by atoms with Gasteiger partial charge in [0.1, 0.15) is 15.6 Å². The van der Waals surface area contributed by atoms with Crippen molar-refractivity contribution in [1.82, 2.24) is 15.1 Å². The Morgan fingerprint density at radius 3 is 2.52 bits per heavy atom. The molecule has 8 heteroatoms. The number of hydrogen-bond acceptors (Lipinski definition) is 8. The lowest BCUT2D eigenvalue weighted by molar-refractivity contribution is 0.0434. The molecular formula is C21H17N3O4S. The van der Waals surface area contributed by atoms with Crippen LogP contribution in [0.5, 0.6) is 5.75 Å². The summed E-state index contributed by atoms with van der Waals surface area (Å²) in [5, 5.41) is 4.70. The van der Waals surface area contributed by atoms with Crippen molar-refractivity contribution in [3.63, 3.8) is 0 Å². The fraction of sp³-hybridized carbons (Fsp3) is 0.143. The van der Waals surface area contributed by atoms with E-state index in [1.54, 1.807) is 14.0 Å². The lowest BCUT2D eigenvalue weighted by Gasteiger charge is -2.00. The van der Waals surface area contributed by atoms with Crippen molar-refractivity contribution in [2.45, 2.75) is 13.5 Å². The van der Waals surface area contributed by atoms with Crippen LogP contribution in [0.3, 0.4) is 0 Å². The number of hydrogen-bond donors (Lipinski definition) is 0. The normalized spacial score (nSPS) is 10.7. The number of nitrogens with zero attached hydrogens (tertiary/aromatic N) is 3. The van der Waals surface area contributed by atoms with E-state index in [9.17, 15) is 4.79 Å². The molecule has 7 nitrogen and oxygen atoms in total.